The summed E-state index contributed by atoms with van der Waals surface area (Å²) in [4.78, 5) is 12.7. The number of amides is 1. The Balaban J connectivity index is 1.60. The van der Waals surface area contributed by atoms with E-state index in [0.717, 1.165) is 11.3 Å². The number of carbonyl (C=O) groups is 1. The van der Waals surface area contributed by atoms with Crippen molar-refractivity contribution in [2.45, 2.75) is 25.8 Å². The Morgan fingerprint density at radius 2 is 1.85 bits per heavy atom. The van der Waals surface area contributed by atoms with E-state index in [-0.39, 0.29) is 12.1 Å². The van der Waals surface area contributed by atoms with Crippen molar-refractivity contribution in [3.05, 3.63) is 60.2 Å². The van der Waals surface area contributed by atoms with Crippen LogP contribution in [0.2, 0.25) is 0 Å². The zero-order valence-electron chi connectivity index (χ0n) is 14.7. The first-order chi connectivity index (χ1) is 12.7. The second-order valence-electron chi connectivity index (χ2n) is 6.13. The van der Waals surface area contributed by atoms with Gasteiger partial charge in [-0.15, -0.1) is 0 Å². The lowest BCUT2D eigenvalue weighted by molar-refractivity contribution is -0.120. The van der Waals surface area contributed by atoms with E-state index in [0.29, 0.717) is 18.8 Å². The lowest BCUT2D eigenvalue weighted by Crippen LogP contribution is -2.48. The van der Waals surface area contributed by atoms with E-state index in [1.165, 1.54) is 0 Å². The average molecular weight is 355 g/mol. The highest BCUT2D eigenvalue weighted by Gasteiger charge is 2.38. The Hall–Kier alpha value is -2.45. The molecule has 1 amide bonds. The van der Waals surface area contributed by atoms with Crippen molar-refractivity contribution in [2.24, 2.45) is 11.7 Å². The Morgan fingerprint density at radius 1 is 1.12 bits per heavy atom. The number of nitrogens with two attached hydrogens (primary N) is 1. The predicted octanol–water partition coefficient (Wildman–Crippen LogP) is 1.15. The molecule has 1 aliphatic rings. The van der Waals surface area contributed by atoms with Gasteiger partial charge in [-0.1, -0.05) is 30.3 Å². The molecule has 7 heteroatoms. The maximum atomic E-state index is 12.7. The average Bonchev–Trinajstić information content (AvgIpc) is 3.03. The summed E-state index contributed by atoms with van der Waals surface area (Å²) in [7, 11) is 0. The summed E-state index contributed by atoms with van der Waals surface area (Å²) in [6.07, 6.45) is -0.751. The first-order valence-electron chi connectivity index (χ1n) is 8.75. The highest BCUT2D eigenvalue weighted by molar-refractivity contribution is 5.93. The number of hydrogen-bond acceptors (Lipinski definition) is 6. The smallest absolute Gasteiger partial charge is 0.233 e. The molecule has 26 heavy (non-hydrogen) atoms. The third kappa shape index (κ3) is 4.59. The third-order valence-corrected chi connectivity index (χ3v) is 4.26. The van der Waals surface area contributed by atoms with E-state index in [9.17, 15) is 4.79 Å². The van der Waals surface area contributed by atoms with E-state index >= 15 is 0 Å². The van der Waals surface area contributed by atoms with Crippen LogP contribution >= 0.6 is 0 Å². The van der Waals surface area contributed by atoms with Crippen LogP contribution in [0.5, 0.6) is 5.75 Å². The van der Waals surface area contributed by atoms with Crippen LogP contribution < -0.4 is 32.0 Å². The fourth-order valence-corrected chi connectivity index (χ4v) is 2.92. The Labute approximate surface area is 153 Å². The van der Waals surface area contributed by atoms with Crippen LogP contribution in [0.3, 0.4) is 0 Å². The molecule has 2 aromatic carbocycles. The molecule has 6 N–H and O–H groups in total. The van der Waals surface area contributed by atoms with Crippen molar-refractivity contribution in [1.29, 1.82) is 0 Å². The van der Waals surface area contributed by atoms with E-state index in [4.69, 9.17) is 10.5 Å². The second kappa shape index (κ2) is 8.77. The molecule has 0 aliphatic carbocycles. The summed E-state index contributed by atoms with van der Waals surface area (Å²) >= 11 is 0. The van der Waals surface area contributed by atoms with Gasteiger partial charge in [0.2, 0.25) is 5.91 Å². The van der Waals surface area contributed by atoms with Crippen molar-refractivity contribution >= 4 is 11.6 Å². The van der Waals surface area contributed by atoms with Gasteiger partial charge in [0.15, 0.2) is 0 Å². The quantitative estimate of drug-likeness (QED) is 0.511. The lowest BCUT2D eigenvalue weighted by Gasteiger charge is -2.21. The molecule has 0 bridgehead atoms. The molecular formula is C19H25N5O2. The van der Waals surface area contributed by atoms with Crippen molar-refractivity contribution < 1.29 is 9.53 Å². The third-order valence-electron chi connectivity index (χ3n) is 4.26. The summed E-state index contributed by atoms with van der Waals surface area (Å²) in [5, 5.41) is 6.25. The maximum absolute atomic E-state index is 12.7. The number of carbonyl (C=O) groups excluding carboxylic acids is 1. The van der Waals surface area contributed by atoms with Gasteiger partial charge in [-0.3, -0.25) is 10.1 Å². The van der Waals surface area contributed by atoms with Gasteiger partial charge in [-0.05, 0) is 36.8 Å². The Morgan fingerprint density at radius 3 is 2.54 bits per heavy atom. The summed E-state index contributed by atoms with van der Waals surface area (Å²) in [5.41, 5.74) is 13.9. The van der Waals surface area contributed by atoms with Crippen LogP contribution in [0.4, 0.5) is 5.69 Å². The predicted molar refractivity (Wildman–Crippen MR) is 101 cm³/mol. The maximum Gasteiger partial charge on any atom is 0.233 e. The van der Waals surface area contributed by atoms with Gasteiger partial charge in [0.25, 0.3) is 0 Å². The van der Waals surface area contributed by atoms with Gasteiger partial charge in [0.1, 0.15) is 5.75 Å². The molecule has 1 fully saturated rings. The monoisotopic (exact) mass is 355 g/mol. The van der Waals surface area contributed by atoms with Gasteiger partial charge in [-0.2, -0.15) is 0 Å². The SMILES string of the molecule is CCOc1ccc(NC(=O)C2C(N)NNC2NCc2ccccc2)cc1. The minimum Gasteiger partial charge on any atom is -0.494 e. The highest BCUT2D eigenvalue weighted by Crippen LogP contribution is 2.18. The van der Waals surface area contributed by atoms with Gasteiger partial charge < -0.3 is 15.8 Å². The topological polar surface area (TPSA) is 100 Å². The van der Waals surface area contributed by atoms with Gasteiger partial charge in [0.05, 0.1) is 24.9 Å². The molecule has 1 aliphatic heterocycles. The number of ether oxygens (including phenoxy) is 1. The standard InChI is InChI=1S/C19H25N5O2/c1-2-26-15-10-8-14(9-11-15)22-19(25)16-17(20)23-24-18(16)21-12-13-6-4-3-5-7-13/h3-11,16-18,21,23-24H,2,12,20H2,1H3,(H,22,25). The van der Waals surface area contributed by atoms with Crippen LogP contribution in [0, 0.1) is 5.92 Å². The zero-order chi connectivity index (χ0) is 18.4. The second-order valence-corrected chi connectivity index (χ2v) is 6.13. The van der Waals surface area contributed by atoms with Crippen molar-refractivity contribution in [3.8, 4) is 5.75 Å². The van der Waals surface area contributed by atoms with Crippen molar-refractivity contribution in [3.63, 3.8) is 0 Å². The molecule has 0 saturated carbocycles. The van der Waals surface area contributed by atoms with Crippen LogP contribution in [0.25, 0.3) is 0 Å². The molecule has 3 rings (SSSR count). The zero-order valence-corrected chi connectivity index (χ0v) is 14.7. The van der Waals surface area contributed by atoms with Gasteiger partial charge in [0, 0.05) is 12.2 Å². The molecule has 7 nitrogen and oxygen atoms in total. The van der Waals surface area contributed by atoms with E-state index < -0.39 is 12.1 Å². The minimum atomic E-state index is -0.481. The summed E-state index contributed by atoms with van der Waals surface area (Å²) in [6, 6.07) is 17.3. The molecule has 1 saturated heterocycles. The van der Waals surface area contributed by atoms with E-state index in [1.807, 2.05) is 61.5 Å². The number of hydrogen-bond donors (Lipinski definition) is 5. The molecule has 2 aromatic rings. The van der Waals surface area contributed by atoms with Gasteiger partial charge >= 0.3 is 0 Å². The molecular weight excluding hydrogens is 330 g/mol. The van der Waals surface area contributed by atoms with E-state index in [2.05, 4.69) is 21.5 Å². The summed E-state index contributed by atoms with van der Waals surface area (Å²) in [6.45, 7) is 3.17. The Kier molecular flexibility index (Phi) is 6.19. The molecule has 0 spiro atoms. The minimum absolute atomic E-state index is 0.148. The molecule has 1 heterocycles. The molecule has 0 radical (unpaired) electrons. The van der Waals surface area contributed by atoms with Crippen LogP contribution in [-0.2, 0) is 11.3 Å². The molecule has 0 aromatic heterocycles. The fraction of sp³-hybridized carbons (Fsp3) is 0.316. The van der Waals surface area contributed by atoms with Crippen molar-refractivity contribution in [2.75, 3.05) is 11.9 Å². The molecule has 3 atom stereocenters. The summed E-state index contributed by atoms with van der Waals surface area (Å²) in [5.74, 6) is 0.170. The number of hydrazine groups is 1. The highest BCUT2D eigenvalue weighted by atomic mass is 16.5. The molecule has 3 unspecified atom stereocenters. The lowest BCUT2D eigenvalue weighted by atomic mass is 10.0. The molecule has 138 valence electrons. The fourth-order valence-electron chi connectivity index (χ4n) is 2.92. The van der Waals surface area contributed by atoms with E-state index in [1.54, 1.807) is 0 Å². The van der Waals surface area contributed by atoms with Crippen LogP contribution in [0.1, 0.15) is 12.5 Å². The Bertz CT molecular complexity index is 708. The van der Waals surface area contributed by atoms with Gasteiger partial charge in [-0.25, -0.2) is 10.9 Å². The number of anilines is 1. The number of benzene rings is 2. The first kappa shape index (κ1) is 18.3. The largest absolute Gasteiger partial charge is 0.494 e. The van der Waals surface area contributed by atoms with Crippen molar-refractivity contribution in [1.82, 2.24) is 16.2 Å². The first-order valence-corrected chi connectivity index (χ1v) is 8.75. The van der Waals surface area contributed by atoms with Crippen LogP contribution in [-0.4, -0.2) is 24.8 Å². The summed E-state index contributed by atoms with van der Waals surface area (Å²) < 4.78 is 5.41. The number of nitrogens with one attached hydrogen (secondary N) is 4. The number of rotatable bonds is 7. The van der Waals surface area contributed by atoms with Crippen LogP contribution in [0.15, 0.2) is 54.6 Å². The normalized spacial score (nSPS) is 22.2.